The van der Waals surface area contributed by atoms with Crippen LogP contribution in [0.3, 0.4) is 0 Å². The summed E-state index contributed by atoms with van der Waals surface area (Å²) in [4.78, 5) is 0. The molecule has 1 N–H and O–H groups in total. The van der Waals surface area contributed by atoms with Gasteiger partial charge in [0, 0.05) is 12.6 Å². The van der Waals surface area contributed by atoms with E-state index in [0.717, 1.165) is 18.9 Å². The van der Waals surface area contributed by atoms with E-state index in [2.05, 4.69) is 80.7 Å². The highest BCUT2D eigenvalue weighted by molar-refractivity contribution is 5.23. The van der Waals surface area contributed by atoms with Crippen molar-refractivity contribution in [2.24, 2.45) is 5.92 Å². The minimum absolute atomic E-state index is 0.381. The molecule has 0 aromatic heterocycles. The first-order valence-corrected chi connectivity index (χ1v) is 7.51. The molecular formula is C19H25N. The molecule has 0 aliphatic heterocycles. The summed E-state index contributed by atoms with van der Waals surface area (Å²) in [7, 11) is 0. The van der Waals surface area contributed by atoms with E-state index in [1.54, 1.807) is 0 Å². The Balaban J connectivity index is 1.88. The average molecular weight is 267 g/mol. The highest BCUT2D eigenvalue weighted by atomic mass is 14.9. The summed E-state index contributed by atoms with van der Waals surface area (Å²) >= 11 is 0. The Bertz CT molecular complexity index is 499. The summed E-state index contributed by atoms with van der Waals surface area (Å²) in [6.45, 7) is 7.65. The molecule has 20 heavy (non-hydrogen) atoms. The molecular weight excluding hydrogens is 242 g/mol. The monoisotopic (exact) mass is 267 g/mol. The van der Waals surface area contributed by atoms with Gasteiger partial charge in [0.15, 0.2) is 0 Å². The van der Waals surface area contributed by atoms with Crippen molar-refractivity contribution in [1.82, 2.24) is 5.32 Å². The number of benzene rings is 2. The number of rotatable bonds is 6. The smallest absolute Gasteiger partial charge is 0.0294 e. The second-order valence-corrected chi connectivity index (χ2v) is 5.93. The minimum atomic E-state index is 0.381. The van der Waals surface area contributed by atoms with Gasteiger partial charge in [-0.25, -0.2) is 0 Å². The quantitative estimate of drug-likeness (QED) is 0.797. The molecule has 0 saturated carbocycles. The first kappa shape index (κ1) is 14.8. The Kier molecular flexibility index (Phi) is 5.37. The highest BCUT2D eigenvalue weighted by Gasteiger charge is 2.04. The van der Waals surface area contributed by atoms with E-state index in [1.165, 1.54) is 16.7 Å². The summed E-state index contributed by atoms with van der Waals surface area (Å²) < 4.78 is 0. The van der Waals surface area contributed by atoms with Crippen LogP contribution >= 0.6 is 0 Å². The predicted octanol–water partition coefficient (Wildman–Crippen LogP) is 4.74. The summed E-state index contributed by atoms with van der Waals surface area (Å²) in [6, 6.07) is 19.9. The maximum Gasteiger partial charge on any atom is 0.0294 e. The van der Waals surface area contributed by atoms with Gasteiger partial charge in [-0.2, -0.15) is 0 Å². The van der Waals surface area contributed by atoms with Crippen LogP contribution in [0.4, 0.5) is 0 Å². The van der Waals surface area contributed by atoms with Crippen LogP contribution in [-0.2, 0) is 13.0 Å². The Labute approximate surface area is 123 Å². The molecule has 1 heteroatoms. The van der Waals surface area contributed by atoms with Crippen LogP contribution in [0.15, 0.2) is 54.6 Å². The Morgan fingerprint density at radius 1 is 0.800 bits per heavy atom. The lowest BCUT2D eigenvalue weighted by atomic mass is 10.0. The van der Waals surface area contributed by atoms with E-state index >= 15 is 0 Å². The van der Waals surface area contributed by atoms with Gasteiger partial charge >= 0.3 is 0 Å². The van der Waals surface area contributed by atoms with E-state index < -0.39 is 0 Å². The molecule has 0 aliphatic rings. The molecule has 2 aromatic rings. The third kappa shape index (κ3) is 4.50. The van der Waals surface area contributed by atoms with Crippen LogP contribution in [0, 0.1) is 5.92 Å². The van der Waals surface area contributed by atoms with E-state index in [1.807, 2.05) is 0 Å². The fourth-order valence-electron chi connectivity index (χ4n) is 2.40. The number of hydrogen-bond donors (Lipinski definition) is 1. The van der Waals surface area contributed by atoms with E-state index in [9.17, 15) is 0 Å². The van der Waals surface area contributed by atoms with Crippen LogP contribution in [0.1, 0.15) is 43.5 Å². The minimum Gasteiger partial charge on any atom is -0.306 e. The lowest BCUT2D eigenvalue weighted by Gasteiger charge is -2.14. The van der Waals surface area contributed by atoms with Crippen LogP contribution in [0.5, 0.6) is 0 Å². The van der Waals surface area contributed by atoms with E-state index in [-0.39, 0.29) is 0 Å². The molecule has 0 spiro atoms. The molecule has 2 rings (SSSR count). The van der Waals surface area contributed by atoms with Crippen molar-refractivity contribution in [3.63, 3.8) is 0 Å². The van der Waals surface area contributed by atoms with E-state index in [4.69, 9.17) is 0 Å². The predicted molar refractivity (Wildman–Crippen MR) is 86.7 cm³/mol. The molecule has 1 nitrogen and oxygen atoms in total. The van der Waals surface area contributed by atoms with Gasteiger partial charge in [0.2, 0.25) is 0 Å². The largest absolute Gasteiger partial charge is 0.306 e. The Morgan fingerprint density at radius 3 is 2.00 bits per heavy atom. The van der Waals surface area contributed by atoms with Crippen molar-refractivity contribution < 1.29 is 0 Å². The van der Waals surface area contributed by atoms with Crippen molar-refractivity contribution in [2.75, 3.05) is 0 Å². The molecule has 0 heterocycles. The third-order valence-corrected chi connectivity index (χ3v) is 3.58. The summed E-state index contributed by atoms with van der Waals surface area (Å²) in [5, 5.41) is 3.58. The zero-order valence-electron chi connectivity index (χ0n) is 12.8. The summed E-state index contributed by atoms with van der Waals surface area (Å²) in [6.07, 6.45) is 1.16. The first-order valence-electron chi connectivity index (χ1n) is 7.51. The molecule has 1 atom stereocenters. The Morgan fingerprint density at radius 2 is 1.40 bits per heavy atom. The normalized spacial score (nSPS) is 12.6. The standard InChI is InChI=1S/C19H25N/c1-15(2)13-17-9-11-18(12-10-17)14-20-16(3)19-7-5-4-6-8-19/h4-12,15-16,20H,13-14H2,1-3H3/t16-/m1/s1. The Hall–Kier alpha value is -1.60. The topological polar surface area (TPSA) is 12.0 Å². The zero-order chi connectivity index (χ0) is 14.4. The van der Waals surface area contributed by atoms with Crippen molar-refractivity contribution in [2.45, 2.75) is 39.8 Å². The second kappa shape index (κ2) is 7.25. The van der Waals surface area contributed by atoms with Crippen molar-refractivity contribution in [3.05, 3.63) is 71.3 Å². The lowest BCUT2D eigenvalue weighted by Crippen LogP contribution is -2.17. The van der Waals surface area contributed by atoms with Gasteiger partial charge in [-0.05, 0) is 36.0 Å². The van der Waals surface area contributed by atoms with Gasteiger partial charge in [-0.1, -0.05) is 68.4 Å². The maximum atomic E-state index is 3.58. The van der Waals surface area contributed by atoms with Gasteiger partial charge in [0.1, 0.15) is 0 Å². The second-order valence-electron chi connectivity index (χ2n) is 5.93. The van der Waals surface area contributed by atoms with Gasteiger partial charge < -0.3 is 5.32 Å². The molecule has 0 unspecified atom stereocenters. The molecule has 106 valence electrons. The highest BCUT2D eigenvalue weighted by Crippen LogP contribution is 2.13. The van der Waals surface area contributed by atoms with Crippen LogP contribution in [0.25, 0.3) is 0 Å². The molecule has 0 saturated heterocycles. The maximum absolute atomic E-state index is 3.58. The van der Waals surface area contributed by atoms with Crippen molar-refractivity contribution in [3.8, 4) is 0 Å². The molecule has 2 aromatic carbocycles. The van der Waals surface area contributed by atoms with Crippen LogP contribution < -0.4 is 5.32 Å². The van der Waals surface area contributed by atoms with Crippen molar-refractivity contribution in [1.29, 1.82) is 0 Å². The van der Waals surface area contributed by atoms with Crippen LogP contribution in [0.2, 0.25) is 0 Å². The summed E-state index contributed by atoms with van der Waals surface area (Å²) in [5.41, 5.74) is 4.11. The average Bonchev–Trinajstić information content (AvgIpc) is 2.46. The van der Waals surface area contributed by atoms with Gasteiger partial charge in [0.25, 0.3) is 0 Å². The number of nitrogens with one attached hydrogen (secondary N) is 1. The summed E-state index contributed by atoms with van der Waals surface area (Å²) in [5.74, 6) is 0.720. The van der Waals surface area contributed by atoms with Gasteiger partial charge in [-0.15, -0.1) is 0 Å². The van der Waals surface area contributed by atoms with E-state index in [0.29, 0.717) is 6.04 Å². The SMILES string of the molecule is CC(C)Cc1ccc(CN[C@H](C)c2ccccc2)cc1. The molecule has 0 fully saturated rings. The van der Waals surface area contributed by atoms with Crippen molar-refractivity contribution >= 4 is 0 Å². The first-order chi connectivity index (χ1) is 9.65. The lowest BCUT2D eigenvalue weighted by molar-refractivity contribution is 0.574. The molecule has 0 amide bonds. The van der Waals surface area contributed by atoms with Crippen LogP contribution in [-0.4, -0.2) is 0 Å². The molecule has 0 bridgehead atoms. The van der Waals surface area contributed by atoms with Gasteiger partial charge in [0.05, 0.1) is 0 Å². The molecule has 0 radical (unpaired) electrons. The molecule has 0 aliphatic carbocycles. The fourth-order valence-corrected chi connectivity index (χ4v) is 2.40. The fraction of sp³-hybridized carbons (Fsp3) is 0.368. The zero-order valence-corrected chi connectivity index (χ0v) is 12.8. The van der Waals surface area contributed by atoms with Gasteiger partial charge in [-0.3, -0.25) is 0 Å². The third-order valence-electron chi connectivity index (χ3n) is 3.58. The number of hydrogen-bond acceptors (Lipinski definition) is 1.